The van der Waals surface area contributed by atoms with Crippen LogP contribution in [0.5, 0.6) is 0 Å². The fourth-order valence-electron chi connectivity index (χ4n) is 2.20. The van der Waals surface area contributed by atoms with Crippen molar-refractivity contribution in [1.29, 1.82) is 0 Å². The van der Waals surface area contributed by atoms with E-state index in [4.69, 9.17) is 0 Å². The smallest absolute Gasteiger partial charge is 0.241 e. The second-order valence-corrected chi connectivity index (χ2v) is 5.20. The lowest BCUT2D eigenvalue weighted by Crippen LogP contribution is -2.40. The number of nitrogens with one attached hydrogen (secondary N) is 1. The van der Waals surface area contributed by atoms with Crippen molar-refractivity contribution in [2.45, 2.75) is 38.3 Å². The average molecular weight is 214 g/mol. The molecule has 14 heavy (non-hydrogen) atoms. The van der Waals surface area contributed by atoms with Gasteiger partial charge in [-0.05, 0) is 30.8 Å². The molecule has 1 atom stereocenters. The van der Waals surface area contributed by atoms with E-state index in [0.29, 0.717) is 11.9 Å². The van der Waals surface area contributed by atoms with Crippen LogP contribution in [0.3, 0.4) is 0 Å². The van der Waals surface area contributed by atoms with Crippen molar-refractivity contribution in [2.75, 3.05) is 18.2 Å². The van der Waals surface area contributed by atoms with E-state index in [1.165, 1.54) is 24.3 Å². The van der Waals surface area contributed by atoms with Gasteiger partial charge in [0, 0.05) is 6.04 Å². The van der Waals surface area contributed by atoms with Crippen molar-refractivity contribution in [3.05, 3.63) is 0 Å². The van der Waals surface area contributed by atoms with Gasteiger partial charge >= 0.3 is 0 Å². The maximum Gasteiger partial charge on any atom is 0.241 e. The molecule has 2 aliphatic heterocycles. The van der Waals surface area contributed by atoms with Crippen molar-refractivity contribution in [3.8, 4) is 0 Å². The van der Waals surface area contributed by atoms with E-state index >= 15 is 0 Å². The molecule has 1 unspecified atom stereocenters. The summed E-state index contributed by atoms with van der Waals surface area (Å²) in [4.78, 5) is 13.9. The molecule has 2 fully saturated rings. The molecule has 0 saturated carbocycles. The van der Waals surface area contributed by atoms with Crippen molar-refractivity contribution in [3.63, 3.8) is 0 Å². The molecule has 0 aromatic carbocycles. The van der Waals surface area contributed by atoms with E-state index in [2.05, 4.69) is 12.2 Å². The number of carbonyl (C=O) groups is 1. The van der Waals surface area contributed by atoms with Crippen LogP contribution in [-0.2, 0) is 4.79 Å². The van der Waals surface area contributed by atoms with Gasteiger partial charge in [-0.25, -0.2) is 0 Å². The molecule has 2 rings (SSSR count). The zero-order valence-electron chi connectivity index (χ0n) is 8.66. The second-order valence-electron chi connectivity index (χ2n) is 3.97. The molecule has 0 radical (unpaired) electrons. The summed E-state index contributed by atoms with van der Waals surface area (Å²) in [5, 5.41) is 3.27. The minimum absolute atomic E-state index is 0.0876. The van der Waals surface area contributed by atoms with Crippen LogP contribution in [-0.4, -0.2) is 41.1 Å². The zero-order valence-corrected chi connectivity index (χ0v) is 9.48. The summed E-state index contributed by atoms with van der Waals surface area (Å²) in [6, 6.07) is 0.595. The van der Waals surface area contributed by atoms with E-state index in [1.54, 1.807) is 0 Å². The number of amides is 1. The molecule has 2 heterocycles. The third-order valence-corrected chi connectivity index (χ3v) is 4.18. The third kappa shape index (κ3) is 1.91. The van der Waals surface area contributed by atoms with Gasteiger partial charge in [-0.1, -0.05) is 6.92 Å². The van der Waals surface area contributed by atoms with Gasteiger partial charge < -0.3 is 4.90 Å². The molecule has 2 aliphatic rings. The number of thioether (sulfide) groups is 1. The molecule has 80 valence electrons. The number of hydrogen-bond acceptors (Lipinski definition) is 3. The fraction of sp³-hybridized carbons (Fsp3) is 0.900. The standard InChI is InChI=1S/C10H18N2OS/c1-2-9-10(13)12(7-11-9)8-3-5-14-6-4-8/h8-9,11H,2-7H2,1H3. The van der Waals surface area contributed by atoms with Gasteiger partial charge in [-0.2, -0.15) is 11.8 Å². The molecule has 0 aliphatic carbocycles. The van der Waals surface area contributed by atoms with Gasteiger partial charge in [0.25, 0.3) is 0 Å². The van der Waals surface area contributed by atoms with Crippen molar-refractivity contribution < 1.29 is 4.79 Å². The highest BCUT2D eigenvalue weighted by Gasteiger charge is 2.34. The summed E-state index contributed by atoms with van der Waals surface area (Å²) < 4.78 is 0. The van der Waals surface area contributed by atoms with Crippen LogP contribution in [0.15, 0.2) is 0 Å². The van der Waals surface area contributed by atoms with E-state index < -0.39 is 0 Å². The Balaban J connectivity index is 1.94. The SMILES string of the molecule is CCC1NCN(C2CCSCC2)C1=O. The minimum Gasteiger partial charge on any atom is -0.326 e. The molecule has 0 aromatic rings. The Kier molecular flexibility index (Phi) is 3.34. The van der Waals surface area contributed by atoms with Gasteiger partial charge in [-0.3, -0.25) is 10.1 Å². The van der Waals surface area contributed by atoms with E-state index in [9.17, 15) is 4.79 Å². The largest absolute Gasteiger partial charge is 0.326 e. The van der Waals surface area contributed by atoms with E-state index in [-0.39, 0.29) is 6.04 Å². The highest BCUT2D eigenvalue weighted by molar-refractivity contribution is 7.99. The predicted molar refractivity (Wildman–Crippen MR) is 59.3 cm³/mol. The molecule has 0 bridgehead atoms. The summed E-state index contributed by atoms with van der Waals surface area (Å²) in [7, 11) is 0. The van der Waals surface area contributed by atoms with E-state index in [0.717, 1.165) is 13.1 Å². The lowest BCUT2D eigenvalue weighted by atomic mass is 10.1. The number of carbonyl (C=O) groups excluding carboxylic acids is 1. The quantitative estimate of drug-likeness (QED) is 0.746. The van der Waals surface area contributed by atoms with Gasteiger partial charge in [-0.15, -0.1) is 0 Å². The van der Waals surface area contributed by atoms with Gasteiger partial charge in [0.1, 0.15) is 0 Å². The highest BCUT2D eigenvalue weighted by Crippen LogP contribution is 2.23. The maximum atomic E-state index is 11.9. The van der Waals surface area contributed by atoms with Crippen LogP contribution in [0.4, 0.5) is 0 Å². The molecule has 0 spiro atoms. The van der Waals surface area contributed by atoms with Crippen molar-refractivity contribution in [1.82, 2.24) is 10.2 Å². The molecule has 0 aromatic heterocycles. The predicted octanol–water partition coefficient (Wildman–Crippen LogP) is 1.05. The van der Waals surface area contributed by atoms with Crippen LogP contribution in [0.25, 0.3) is 0 Å². The number of nitrogens with zero attached hydrogens (tertiary/aromatic N) is 1. The first-order chi connectivity index (χ1) is 6.83. The zero-order chi connectivity index (χ0) is 9.97. The molecule has 3 nitrogen and oxygen atoms in total. The molecular weight excluding hydrogens is 196 g/mol. The summed E-state index contributed by atoms with van der Waals surface area (Å²) in [5.41, 5.74) is 0. The lowest BCUT2D eigenvalue weighted by Gasteiger charge is -2.30. The fourth-order valence-corrected chi connectivity index (χ4v) is 3.28. The van der Waals surface area contributed by atoms with Crippen LogP contribution in [0.2, 0.25) is 0 Å². The molecular formula is C10H18N2OS. The number of rotatable bonds is 2. The Bertz CT molecular complexity index is 216. The first-order valence-electron chi connectivity index (χ1n) is 5.44. The van der Waals surface area contributed by atoms with Gasteiger partial charge in [0.15, 0.2) is 0 Å². The van der Waals surface area contributed by atoms with Crippen LogP contribution in [0.1, 0.15) is 26.2 Å². The molecule has 1 amide bonds. The Morgan fingerprint density at radius 3 is 2.79 bits per heavy atom. The van der Waals surface area contributed by atoms with E-state index in [1.807, 2.05) is 16.7 Å². The third-order valence-electron chi connectivity index (χ3n) is 3.13. The van der Waals surface area contributed by atoms with Gasteiger partial charge in [0.05, 0.1) is 12.7 Å². The molecule has 4 heteroatoms. The summed E-state index contributed by atoms with van der Waals surface area (Å²) in [6.07, 6.45) is 3.26. The van der Waals surface area contributed by atoms with Crippen molar-refractivity contribution >= 4 is 17.7 Å². The average Bonchev–Trinajstić information content (AvgIpc) is 2.61. The Morgan fingerprint density at radius 2 is 2.21 bits per heavy atom. The first kappa shape index (κ1) is 10.3. The summed E-state index contributed by atoms with van der Waals surface area (Å²) in [6.45, 7) is 2.84. The lowest BCUT2D eigenvalue weighted by molar-refractivity contribution is -0.131. The highest BCUT2D eigenvalue weighted by atomic mass is 32.2. The second kappa shape index (κ2) is 4.53. The van der Waals surface area contributed by atoms with Crippen LogP contribution < -0.4 is 5.32 Å². The molecule has 1 N–H and O–H groups in total. The normalized spacial score (nSPS) is 29.9. The topological polar surface area (TPSA) is 32.3 Å². The Hall–Kier alpha value is -0.220. The molecule has 2 saturated heterocycles. The minimum atomic E-state index is 0.0876. The van der Waals surface area contributed by atoms with Crippen LogP contribution >= 0.6 is 11.8 Å². The Morgan fingerprint density at radius 1 is 1.50 bits per heavy atom. The van der Waals surface area contributed by atoms with Crippen LogP contribution in [0, 0.1) is 0 Å². The maximum absolute atomic E-state index is 11.9. The first-order valence-corrected chi connectivity index (χ1v) is 6.60. The van der Waals surface area contributed by atoms with Gasteiger partial charge in [0.2, 0.25) is 5.91 Å². The summed E-state index contributed by atoms with van der Waals surface area (Å²) in [5.74, 6) is 2.75. The summed E-state index contributed by atoms with van der Waals surface area (Å²) >= 11 is 2.01. The Labute approximate surface area is 89.6 Å². The number of hydrogen-bond donors (Lipinski definition) is 1. The van der Waals surface area contributed by atoms with Crippen molar-refractivity contribution in [2.24, 2.45) is 0 Å². The monoisotopic (exact) mass is 214 g/mol.